The molecule has 0 amide bonds. The molecule has 1 aromatic rings. The smallest absolute Gasteiger partial charge is 0.252 e. The summed E-state index contributed by atoms with van der Waals surface area (Å²) in [7, 11) is -4.28. The highest BCUT2D eigenvalue weighted by Gasteiger charge is 2.29. The molecule has 0 aliphatic rings. The van der Waals surface area contributed by atoms with Crippen LogP contribution in [-0.2, 0) is 15.8 Å². The van der Waals surface area contributed by atoms with E-state index in [1.807, 2.05) is 0 Å². The highest BCUT2D eigenvalue weighted by atomic mass is 32.2. The lowest BCUT2D eigenvalue weighted by molar-refractivity contribution is 0.0792. The van der Waals surface area contributed by atoms with Crippen molar-refractivity contribution in [3.05, 3.63) is 18.0 Å². The average molecular weight is 290 g/mol. The lowest BCUT2D eigenvalue weighted by atomic mass is 10.5. The number of nitrogens with zero attached hydrogens (tertiary/aromatic N) is 2. The third-order valence-corrected chi connectivity index (χ3v) is 3.64. The molecule has 0 spiro atoms. The molecule has 18 heavy (non-hydrogen) atoms. The minimum Gasteiger partial charge on any atom is -0.364 e. The van der Waals surface area contributed by atoms with Crippen molar-refractivity contribution < 1.29 is 30.5 Å². The molecule has 0 unspecified atom stereocenters. The van der Waals surface area contributed by atoms with Crippen LogP contribution in [0.15, 0.2) is 16.9 Å². The maximum absolute atomic E-state index is 12.2. The highest BCUT2D eigenvalue weighted by molar-refractivity contribution is 7.88. The number of hydrogen-bond donors (Lipinski definition) is 0. The second-order valence-electron chi connectivity index (χ2n) is 3.35. The Hall–Kier alpha value is -1.16. The molecule has 1 heterocycles. The first-order valence-electron chi connectivity index (χ1n) is 4.74. The van der Waals surface area contributed by atoms with Crippen LogP contribution in [0, 0.1) is 0 Å². The van der Waals surface area contributed by atoms with E-state index in [4.69, 9.17) is 0 Å². The Labute approximate surface area is 100 Å². The molecule has 0 N–H and O–H groups in total. The zero-order valence-corrected chi connectivity index (χ0v) is 9.79. The van der Waals surface area contributed by atoms with Gasteiger partial charge in [0.25, 0.3) is 12.9 Å². The Bertz CT molecular complexity index is 439. The first-order valence-corrected chi connectivity index (χ1v) is 6.35. The Morgan fingerprint density at radius 1 is 1.22 bits per heavy atom. The lowest BCUT2D eigenvalue weighted by Crippen LogP contribution is -2.39. The molecule has 0 fully saturated rings. The topological polar surface area (TPSA) is 63.4 Å². The first-order chi connectivity index (χ1) is 8.31. The van der Waals surface area contributed by atoms with Gasteiger partial charge in [-0.25, -0.2) is 26.0 Å². The quantitative estimate of drug-likeness (QED) is 0.711. The van der Waals surface area contributed by atoms with Gasteiger partial charge in [0.05, 0.1) is 18.8 Å². The summed E-state index contributed by atoms with van der Waals surface area (Å²) in [5, 5.41) is 3.29. The number of rotatable bonds is 7. The first kappa shape index (κ1) is 14.9. The van der Waals surface area contributed by atoms with Gasteiger partial charge in [0.15, 0.2) is 0 Å². The van der Waals surface area contributed by atoms with Gasteiger partial charge in [-0.05, 0) is 0 Å². The summed E-state index contributed by atoms with van der Waals surface area (Å²) in [6, 6.07) is 1.21. The monoisotopic (exact) mass is 290 g/mol. The Morgan fingerprint density at radius 3 is 2.17 bits per heavy atom. The van der Waals surface area contributed by atoms with E-state index in [1.54, 1.807) is 0 Å². The SMILES string of the molecule is O=S(=O)(Cc1ccon1)N(CC(F)F)CC(F)F. The molecule has 0 radical (unpaired) electrons. The van der Waals surface area contributed by atoms with E-state index in [1.165, 1.54) is 6.07 Å². The number of hydrogen-bond acceptors (Lipinski definition) is 4. The average Bonchev–Trinajstić information content (AvgIpc) is 2.67. The fraction of sp³-hybridized carbons (Fsp3) is 0.625. The summed E-state index contributed by atoms with van der Waals surface area (Å²) in [6.07, 6.45) is -4.97. The van der Waals surface area contributed by atoms with Crippen LogP contribution in [0.25, 0.3) is 0 Å². The van der Waals surface area contributed by atoms with Crippen LogP contribution in [-0.4, -0.2) is 43.8 Å². The van der Waals surface area contributed by atoms with Gasteiger partial charge in [-0.3, -0.25) is 0 Å². The van der Waals surface area contributed by atoms with Crippen molar-refractivity contribution in [2.24, 2.45) is 0 Å². The molecule has 1 rings (SSSR count). The number of halogens is 4. The maximum Gasteiger partial charge on any atom is 0.252 e. The summed E-state index contributed by atoms with van der Waals surface area (Å²) in [6.45, 7) is -2.55. The normalized spacial score (nSPS) is 12.8. The van der Waals surface area contributed by atoms with Crippen molar-refractivity contribution in [2.45, 2.75) is 18.6 Å². The minimum absolute atomic E-state index is 0.0384. The van der Waals surface area contributed by atoms with Crippen LogP contribution in [0.4, 0.5) is 17.6 Å². The predicted molar refractivity (Wildman–Crippen MR) is 52.7 cm³/mol. The van der Waals surface area contributed by atoms with E-state index in [-0.39, 0.29) is 10.00 Å². The second kappa shape index (κ2) is 6.14. The van der Waals surface area contributed by atoms with E-state index in [9.17, 15) is 26.0 Å². The van der Waals surface area contributed by atoms with Crippen LogP contribution >= 0.6 is 0 Å². The zero-order chi connectivity index (χ0) is 13.8. The molecule has 0 bridgehead atoms. The largest absolute Gasteiger partial charge is 0.364 e. The van der Waals surface area contributed by atoms with Crippen molar-refractivity contribution in [3.63, 3.8) is 0 Å². The van der Waals surface area contributed by atoms with Crippen LogP contribution < -0.4 is 0 Å². The van der Waals surface area contributed by atoms with Crippen molar-refractivity contribution in [1.29, 1.82) is 0 Å². The summed E-state index contributed by atoms with van der Waals surface area (Å²) in [5.41, 5.74) is -0.0384. The van der Waals surface area contributed by atoms with E-state index in [2.05, 4.69) is 9.68 Å². The Kier molecular flexibility index (Phi) is 5.08. The van der Waals surface area contributed by atoms with Gasteiger partial charge in [-0.15, -0.1) is 0 Å². The van der Waals surface area contributed by atoms with E-state index < -0.39 is 41.7 Å². The molecule has 0 aliphatic heterocycles. The van der Waals surface area contributed by atoms with Gasteiger partial charge in [0.1, 0.15) is 12.0 Å². The highest BCUT2D eigenvalue weighted by Crippen LogP contribution is 2.13. The second-order valence-corrected chi connectivity index (χ2v) is 5.32. The van der Waals surface area contributed by atoms with Crippen LogP contribution in [0.2, 0.25) is 0 Å². The summed E-state index contributed by atoms with van der Waals surface area (Å²) in [5.74, 6) is -0.761. The third-order valence-electron chi connectivity index (χ3n) is 1.90. The van der Waals surface area contributed by atoms with Crippen molar-refractivity contribution in [3.8, 4) is 0 Å². The van der Waals surface area contributed by atoms with Gasteiger partial charge < -0.3 is 4.52 Å². The van der Waals surface area contributed by atoms with E-state index in [0.717, 1.165) is 6.26 Å². The summed E-state index contributed by atoms with van der Waals surface area (Å²) in [4.78, 5) is 0. The molecule has 0 aromatic carbocycles. The lowest BCUT2D eigenvalue weighted by Gasteiger charge is -2.20. The van der Waals surface area contributed by atoms with Crippen molar-refractivity contribution in [1.82, 2.24) is 9.46 Å². The van der Waals surface area contributed by atoms with Crippen LogP contribution in [0.1, 0.15) is 5.69 Å². The summed E-state index contributed by atoms with van der Waals surface area (Å²) >= 11 is 0. The standard InChI is InChI=1S/C8H10F4N2O3S/c9-7(10)3-14(4-8(11)12)18(15,16)5-6-1-2-17-13-6/h1-2,7-8H,3-5H2. The van der Waals surface area contributed by atoms with Gasteiger partial charge in [0.2, 0.25) is 10.0 Å². The van der Waals surface area contributed by atoms with Crippen molar-refractivity contribution in [2.75, 3.05) is 13.1 Å². The molecular weight excluding hydrogens is 280 g/mol. The predicted octanol–water partition coefficient (Wildman–Crippen LogP) is 1.34. The molecule has 104 valence electrons. The van der Waals surface area contributed by atoms with Gasteiger partial charge in [-0.2, -0.15) is 4.31 Å². The van der Waals surface area contributed by atoms with Crippen molar-refractivity contribution >= 4 is 10.0 Å². The molecule has 10 heteroatoms. The van der Waals surface area contributed by atoms with Gasteiger partial charge in [0, 0.05) is 6.07 Å². The number of alkyl halides is 4. The summed E-state index contributed by atoms with van der Waals surface area (Å²) < 4.78 is 76.4. The zero-order valence-electron chi connectivity index (χ0n) is 8.97. The number of sulfonamides is 1. The Balaban J connectivity index is 2.81. The minimum atomic E-state index is -4.28. The molecule has 0 aliphatic carbocycles. The van der Waals surface area contributed by atoms with Gasteiger partial charge in [-0.1, -0.05) is 5.16 Å². The molecular formula is C8H10F4N2O3S. The fourth-order valence-electron chi connectivity index (χ4n) is 1.20. The Morgan fingerprint density at radius 2 is 1.78 bits per heavy atom. The maximum atomic E-state index is 12.2. The molecule has 0 atom stereocenters. The van der Waals surface area contributed by atoms with E-state index in [0.29, 0.717) is 0 Å². The molecule has 0 saturated heterocycles. The van der Waals surface area contributed by atoms with Crippen LogP contribution in [0.3, 0.4) is 0 Å². The molecule has 0 saturated carbocycles. The van der Waals surface area contributed by atoms with E-state index >= 15 is 0 Å². The fourth-order valence-corrected chi connectivity index (χ4v) is 2.58. The number of aromatic nitrogens is 1. The molecule has 5 nitrogen and oxygen atoms in total. The molecule has 1 aromatic heterocycles. The third kappa shape index (κ3) is 4.61. The van der Waals surface area contributed by atoms with Crippen LogP contribution in [0.5, 0.6) is 0 Å². The van der Waals surface area contributed by atoms with Gasteiger partial charge >= 0.3 is 0 Å².